The third-order valence-corrected chi connectivity index (χ3v) is 3.22. The molecule has 1 aromatic rings. The zero-order valence-electron chi connectivity index (χ0n) is 12.2. The Labute approximate surface area is 120 Å². The van der Waals surface area contributed by atoms with Crippen LogP contribution in [0.25, 0.3) is 0 Å². The molecule has 0 amide bonds. The number of nitrogens with zero attached hydrogens (tertiary/aromatic N) is 1. The van der Waals surface area contributed by atoms with Crippen molar-refractivity contribution in [3.05, 3.63) is 22.9 Å². The molecule has 0 aliphatic heterocycles. The van der Waals surface area contributed by atoms with Gasteiger partial charge in [0.15, 0.2) is 0 Å². The van der Waals surface area contributed by atoms with Crippen LogP contribution in [0.4, 0.5) is 0 Å². The topological polar surface area (TPSA) is 81.2 Å². The maximum absolute atomic E-state index is 7.64. The van der Waals surface area contributed by atoms with Gasteiger partial charge in [0.2, 0.25) is 5.88 Å². The molecule has 0 radical (unpaired) electrons. The highest BCUT2D eigenvalue weighted by Crippen LogP contribution is 2.26. The van der Waals surface area contributed by atoms with Crippen LogP contribution in [0.3, 0.4) is 0 Å². The van der Waals surface area contributed by atoms with Crippen LogP contribution in [-0.2, 0) is 17.6 Å². The van der Waals surface area contributed by atoms with E-state index in [1.807, 2.05) is 6.07 Å². The van der Waals surface area contributed by atoms with Gasteiger partial charge in [-0.3, -0.25) is 5.41 Å². The zero-order chi connectivity index (χ0) is 14.5. The second kappa shape index (κ2) is 6.70. The molecule has 0 bridgehead atoms. The van der Waals surface area contributed by atoms with E-state index < -0.39 is 0 Å². The van der Waals surface area contributed by atoms with Gasteiger partial charge < -0.3 is 15.2 Å². The SMILES string of the molecule is CC(C)COCCOc1nc2c(cc1C(=N)N)CCC2. The number of nitrogens with two attached hydrogens (primary N) is 1. The van der Waals surface area contributed by atoms with Gasteiger partial charge in [-0.2, -0.15) is 0 Å². The minimum Gasteiger partial charge on any atom is -0.475 e. The lowest BCUT2D eigenvalue weighted by Gasteiger charge is -2.12. The Kier molecular flexibility index (Phi) is 4.95. The summed E-state index contributed by atoms with van der Waals surface area (Å²) >= 11 is 0. The molecular weight excluding hydrogens is 254 g/mol. The zero-order valence-corrected chi connectivity index (χ0v) is 12.2. The Morgan fingerprint density at radius 3 is 2.90 bits per heavy atom. The van der Waals surface area contributed by atoms with Crippen molar-refractivity contribution in [2.24, 2.45) is 11.7 Å². The van der Waals surface area contributed by atoms with Gasteiger partial charge in [-0.15, -0.1) is 0 Å². The van der Waals surface area contributed by atoms with Gasteiger partial charge >= 0.3 is 0 Å². The van der Waals surface area contributed by atoms with Gasteiger partial charge in [0.25, 0.3) is 0 Å². The van der Waals surface area contributed by atoms with Crippen molar-refractivity contribution in [2.45, 2.75) is 33.1 Å². The summed E-state index contributed by atoms with van der Waals surface area (Å²) < 4.78 is 11.1. The van der Waals surface area contributed by atoms with Crippen LogP contribution < -0.4 is 10.5 Å². The third kappa shape index (κ3) is 3.70. The van der Waals surface area contributed by atoms with Crippen molar-refractivity contribution in [1.29, 1.82) is 5.41 Å². The Morgan fingerprint density at radius 1 is 1.40 bits per heavy atom. The van der Waals surface area contributed by atoms with Gasteiger partial charge in [-0.05, 0) is 36.8 Å². The molecule has 0 saturated carbocycles. The van der Waals surface area contributed by atoms with Crippen molar-refractivity contribution in [1.82, 2.24) is 4.98 Å². The average molecular weight is 277 g/mol. The van der Waals surface area contributed by atoms with Crippen LogP contribution in [0.2, 0.25) is 0 Å². The second-order valence-electron chi connectivity index (χ2n) is 5.53. The van der Waals surface area contributed by atoms with Crippen LogP contribution in [0, 0.1) is 11.3 Å². The minimum absolute atomic E-state index is 0.00491. The molecule has 0 atom stereocenters. The first kappa shape index (κ1) is 14.8. The van der Waals surface area contributed by atoms with E-state index in [0.29, 0.717) is 30.6 Å². The van der Waals surface area contributed by atoms with Crippen LogP contribution >= 0.6 is 0 Å². The van der Waals surface area contributed by atoms with E-state index in [4.69, 9.17) is 20.6 Å². The summed E-state index contributed by atoms with van der Waals surface area (Å²) in [4.78, 5) is 4.51. The second-order valence-corrected chi connectivity index (χ2v) is 5.53. The molecule has 1 aliphatic carbocycles. The van der Waals surface area contributed by atoms with Gasteiger partial charge in [-0.25, -0.2) is 4.98 Å². The van der Waals surface area contributed by atoms with E-state index in [1.165, 1.54) is 5.56 Å². The summed E-state index contributed by atoms with van der Waals surface area (Å²) in [7, 11) is 0. The number of amidine groups is 1. The van der Waals surface area contributed by atoms with Gasteiger partial charge in [0, 0.05) is 12.3 Å². The van der Waals surface area contributed by atoms with Crippen LogP contribution in [0.15, 0.2) is 6.07 Å². The van der Waals surface area contributed by atoms with Crippen LogP contribution in [0.1, 0.15) is 37.1 Å². The molecule has 110 valence electrons. The summed E-state index contributed by atoms with van der Waals surface area (Å²) in [6, 6.07) is 1.95. The normalized spacial score (nSPS) is 13.6. The summed E-state index contributed by atoms with van der Waals surface area (Å²) in [5.74, 6) is 0.984. The number of aromatic nitrogens is 1. The van der Waals surface area contributed by atoms with Gasteiger partial charge in [-0.1, -0.05) is 13.8 Å². The first-order valence-electron chi connectivity index (χ1n) is 7.15. The number of nitrogens with one attached hydrogen (secondary N) is 1. The molecule has 0 unspecified atom stereocenters. The van der Waals surface area contributed by atoms with E-state index in [2.05, 4.69) is 18.8 Å². The van der Waals surface area contributed by atoms with E-state index in [1.54, 1.807) is 0 Å². The fourth-order valence-electron chi connectivity index (χ4n) is 2.27. The monoisotopic (exact) mass is 277 g/mol. The lowest BCUT2D eigenvalue weighted by Crippen LogP contribution is -2.17. The Bertz CT molecular complexity index is 486. The van der Waals surface area contributed by atoms with E-state index in [9.17, 15) is 0 Å². The fourth-order valence-corrected chi connectivity index (χ4v) is 2.27. The molecule has 2 rings (SSSR count). The van der Waals surface area contributed by atoms with Crippen molar-refractivity contribution in [2.75, 3.05) is 19.8 Å². The standard InChI is InChI=1S/C15H23N3O2/c1-10(2)9-19-6-7-20-15-12(14(16)17)8-11-4-3-5-13(11)18-15/h8,10H,3-7,9H2,1-2H3,(H3,16,17). The number of fused-ring (bicyclic) bond motifs is 1. The number of hydrogen-bond acceptors (Lipinski definition) is 4. The lowest BCUT2D eigenvalue weighted by atomic mass is 10.1. The highest BCUT2D eigenvalue weighted by Gasteiger charge is 2.18. The summed E-state index contributed by atoms with van der Waals surface area (Å²) in [5, 5.41) is 7.64. The smallest absolute Gasteiger partial charge is 0.224 e. The Balaban J connectivity index is 1.98. The molecular formula is C15H23N3O2. The largest absolute Gasteiger partial charge is 0.475 e. The lowest BCUT2D eigenvalue weighted by molar-refractivity contribution is 0.0805. The maximum atomic E-state index is 7.64. The number of nitrogen functional groups attached to an aromatic ring is 1. The van der Waals surface area contributed by atoms with Crippen molar-refractivity contribution >= 4 is 5.84 Å². The molecule has 1 aromatic heterocycles. The van der Waals surface area contributed by atoms with E-state index in [0.717, 1.165) is 31.6 Å². The number of hydrogen-bond donors (Lipinski definition) is 2. The average Bonchev–Trinajstić information content (AvgIpc) is 2.83. The highest BCUT2D eigenvalue weighted by atomic mass is 16.5. The molecule has 0 saturated heterocycles. The number of aryl methyl sites for hydroxylation is 2. The van der Waals surface area contributed by atoms with Crippen molar-refractivity contribution in [3.8, 4) is 5.88 Å². The molecule has 20 heavy (non-hydrogen) atoms. The first-order chi connectivity index (χ1) is 9.58. The van der Waals surface area contributed by atoms with E-state index in [-0.39, 0.29) is 5.84 Å². The summed E-state index contributed by atoms with van der Waals surface area (Å²) in [5.41, 5.74) is 8.47. The number of pyridine rings is 1. The quantitative estimate of drug-likeness (QED) is 0.453. The van der Waals surface area contributed by atoms with Gasteiger partial charge in [0.1, 0.15) is 12.4 Å². The van der Waals surface area contributed by atoms with Crippen molar-refractivity contribution in [3.63, 3.8) is 0 Å². The van der Waals surface area contributed by atoms with Crippen LogP contribution in [0.5, 0.6) is 5.88 Å². The van der Waals surface area contributed by atoms with E-state index >= 15 is 0 Å². The molecule has 5 nitrogen and oxygen atoms in total. The van der Waals surface area contributed by atoms with Crippen LogP contribution in [-0.4, -0.2) is 30.6 Å². The number of ether oxygens (including phenoxy) is 2. The maximum Gasteiger partial charge on any atom is 0.224 e. The summed E-state index contributed by atoms with van der Waals surface area (Å²) in [6.45, 7) is 5.89. The van der Waals surface area contributed by atoms with Gasteiger partial charge in [0.05, 0.1) is 12.2 Å². The third-order valence-electron chi connectivity index (χ3n) is 3.22. The van der Waals surface area contributed by atoms with Crippen molar-refractivity contribution < 1.29 is 9.47 Å². The molecule has 0 aromatic carbocycles. The molecule has 0 fully saturated rings. The fraction of sp³-hybridized carbons (Fsp3) is 0.600. The molecule has 3 N–H and O–H groups in total. The molecule has 5 heteroatoms. The molecule has 0 spiro atoms. The molecule has 1 heterocycles. The highest BCUT2D eigenvalue weighted by molar-refractivity contribution is 5.97. The Morgan fingerprint density at radius 2 is 2.20 bits per heavy atom. The Hall–Kier alpha value is -1.62. The predicted octanol–water partition coefficient (Wildman–Crippen LogP) is 1.91. The summed E-state index contributed by atoms with van der Waals surface area (Å²) in [6.07, 6.45) is 3.11. The number of rotatable bonds is 7. The molecule has 1 aliphatic rings. The first-order valence-corrected chi connectivity index (χ1v) is 7.15. The predicted molar refractivity (Wildman–Crippen MR) is 78.4 cm³/mol. The minimum atomic E-state index is 0.00491.